The molecule has 0 spiro atoms. The molecule has 4 N–H and O–H groups in total. The quantitative estimate of drug-likeness (QED) is 0.564. The van der Waals surface area contributed by atoms with Crippen molar-refractivity contribution in [3.05, 3.63) is 48.2 Å². The predicted octanol–water partition coefficient (Wildman–Crippen LogP) is 2.92. The van der Waals surface area contributed by atoms with Gasteiger partial charge in [-0.15, -0.1) is 0 Å². The fourth-order valence-corrected chi connectivity index (χ4v) is 3.57. The molecule has 0 aliphatic carbocycles. The Morgan fingerprint density at radius 1 is 1.27 bits per heavy atom. The number of nitrogens with zero attached hydrogens (tertiary/aromatic N) is 1. The first-order valence-electron chi connectivity index (χ1n) is 8.19. The summed E-state index contributed by atoms with van der Waals surface area (Å²) in [6.45, 7) is 0. The van der Waals surface area contributed by atoms with Crippen molar-refractivity contribution in [1.82, 2.24) is 10.4 Å². The van der Waals surface area contributed by atoms with Crippen molar-refractivity contribution < 1.29 is 23.1 Å². The molecule has 0 bridgehead atoms. The molecule has 1 aliphatic heterocycles. The van der Waals surface area contributed by atoms with E-state index in [1.165, 1.54) is 18.0 Å². The van der Waals surface area contributed by atoms with Crippen LogP contribution in [0.1, 0.15) is 24.4 Å². The van der Waals surface area contributed by atoms with Crippen LogP contribution in [0.3, 0.4) is 0 Å². The van der Waals surface area contributed by atoms with Gasteiger partial charge in [0.2, 0.25) is 0 Å². The molecule has 5 nitrogen and oxygen atoms in total. The fourth-order valence-electron chi connectivity index (χ4n) is 2.56. The topological polar surface area (TPSA) is 78.6 Å². The molecule has 1 heterocycles. The third-order valence-corrected chi connectivity index (χ3v) is 5.07. The van der Waals surface area contributed by atoms with E-state index in [0.29, 0.717) is 5.75 Å². The highest BCUT2D eigenvalue weighted by Gasteiger charge is 2.44. The maximum Gasteiger partial charge on any atom is 0.410 e. The molecule has 0 saturated carbocycles. The average molecular weight is 389 g/mol. The Bertz CT molecular complexity index is 613. The average Bonchev–Trinajstić information content (AvgIpc) is 3.06. The number of carboxylic acid groups (broad SMARTS) is 1. The van der Waals surface area contributed by atoms with Crippen LogP contribution in [-0.2, 0) is 4.79 Å². The Morgan fingerprint density at radius 2 is 1.92 bits per heavy atom. The van der Waals surface area contributed by atoms with E-state index in [9.17, 15) is 18.0 Å². The minimum atomic E-state index is -4.37. The summed E-state index contributed by atoms with van der Waals surface area (Å²) >= 11 is 1.28. The number of carboxylic acids is 1. The van der Waals surface area contributed by atoms with Gasteiger partial charge in [-0.25, -0.2) is 5.43 Å². The van der Waals surface area contributed by atoms with E-state index in [1.54, 1.807) is 6.08 Å². The minimum absolute atomic E-state index is 0.102. The lowest BCUT2D eigenvalue weighted by atomic mass is 10.1. The van der Waals surface area contributed by atoms with Crippen molar-refractivity contribution in [2.24, 2.45) is 5.73 Å². The van der Waals surface area contributed by atoms with Crippen LogP contribution in [0, 0.1) is 0 Å². The van der Waals surface area contributed by atoms with Gasteiger partial charge in [-0.1, -0.05) is 30.3 Å². The van der Waals surface area contributed by atoms with Gasteiger partial charge in [0.05, 0.1) is 6.04 Å². The van der Waals surface area contributed by atoms with Crippen LogP contribution in [0.4, 0.5) is 13.2 Å². The lowest BCUT2D eigenvalue weighted by molar-refractivity contribution is -0.183. The predicted molar refractivity (Wildman–Crippen MR) is 95.3 cm³/mol. The second kappa shape index (κ2) is 9.29. The number of alkyl halides is 3. The van der Waals surface area contributed by atoms with E-state index in [4.69, 9.17) is 10.8 Å². The number of carbonyl (C=O) groups is 1. The van der Waals surface area contributed by atoms with E-state index in [2.05, 4.69) is 5.43 Å². The molecule has 26 heavy (non-hydrogen) atoms. The molecule has 3 atom stereocenters. The van der Waals surface area contributed by atoms with Gasteiger partial charge in [0.15, 0.2) is 0 Å². The monoisotopic (exact) mass is 389 g/mol. The summed E-state index contributed by atoms with van der Waals surface area (Å²) in [4.78, 5) is 10.6. The Morgan fingerprint density at radius 3 is 2.54 bits per heavy atom. The molecule has 2 rings (SSSR count). The lowest BCUT2D eigenvalue weighted by Gasteiger charge is -2.31. The first-order valence-corrected chi connectivity index (χ1v) is 9.35. The number of hydrazine groups is 1. The molecule has 1 aliphatic rings. The molecule has 0 saturated heterocycles. The normalized spacial score (nSPS) is 19.5. The molecular weight excluding hydrogens is 367 g/mol. The maximum atomic E-state index is 13.4. The number of hydrogen-bond acceptors (Lipinski definition) is 5. The summed E-state index contributed by atoms with van der Waals surface area (Å²) < 4.78 is 40.3. The van der Waals surface area contributed by atoms with Gasteiger partial charge in [0.25, 0.3) is 0 Å². The highest BCUT2D eigenvalue weighted by molar-refractivity contribution is 7.99. The first kappa shape index (κ1) is 20.6. The van der Waals surface area contributed by atoms with Crippen LogP contribution in [0.15, 0.2) is 42.6 Å². The second-order valence-electron chi connectivity index (χ2n) is 5.96. The lowest BCUT2D eigenvalue weighted by Crippen LogP contribution is -2.48. The molecule has 1 aromatic rings. The number of thioether (sulfide) groups is 1. The van der Waals surface area contributed by atoms with E-state index < -0.39 is 24.2 Å². The molecule has 3 unspecified atom stereocenters. The van der Waals surface area contributed by atoms with Gasteiger partial charge in [-0.3, -0.25) is 4.79 Å². The molecular formula is C17H22F3N3O2S. The van der Waals surface area contributed by atoms with Crippen molar-refractivity contribution in [3.8, 4) is 0 Å². The minimum Gasteiger partial charge on any atom is -0.480 e. The largest absolute Gasteiger partial charge is 0.480 e. The Kier molecular flexibility index (Phi) is 7.36. The van der Waals surface area contributed by atoms with Gasteiger partial charge in [-0.2, -0.15) is 24.9 Å². The number of rotatable bonds is 9. The number of aliphatic carboxylic acids is 1. The molecule has 0 fully saturated rings. The van der Waals surface area contributed by atoms with Crippen molar-refractivity contribution in [2.75, 3.05) is 11.5 Å². The smallest absolute Gasteiger partial charge is 0.410 e. The van der Waals surface area contributed by atoms with E-state index in [0.717, 1.165) is 10.6 Å². The Hall–Kier alpha value is -1.71. The van der Waals surface area contributed by atoms with E-state index in [1.807, 2.05) is 30.3 Å². The van der Waals surface area contributed by atoms with Gasteiger partial charge in [0.1, 0.15) is 12.1 Å². The second-order valence-corrected chi connectivity index (χ2v) is 7.18. The molecule has 144 valence electrons. The highest BCUT2D eigenvalue weighted by atomic mass is 32.2. The SMILES string of the molecule is NC(CCSCCC(N1C=CC(c2ccccc2)N1)C(F)(F)F)C(=O)O. The van der Waals surface area contributed by atoms with Crippen molar-refractivity contribution in [3.63, 3.8) is 0 Å². The van der Waals surface area contributed by atoms with Crippen LogP contribution in [-0.4, -0.2) is 45.9 Å². The van der Waals surface area contributed by atoms with E-state index in [-0.39, 0.29) is 24.6 Å². The molecule has 1 aromatic carbocycles. The number of benzene rings is 1. The fraction of sp³-hybridized carbons (Fsp3) is 0.471. The number of nitrogens with one attached hydrogen (secondary N) is 1. The van der Waals surface area contributed by atoms with Gasteiger partial charge >= 0.3 is 12.1 Å². The van der Waals surface area contributed by atoms with Crippen molar-refractivity contribution in [2.45, 2.75) is 37.1 Å². The van der Waals surface area contributed by atoms with Gasteiger partial charge < -0.3 is 15.8 Å². The Labute approximate surface area is 154 Å². The van der Waals surface area contributed by atoms with Crippen molar-refractivity contribution >= 4 is 17.7 Å². The zero-order valence-electron chi connectivity index (χ0n) is 14.0. The molecule has 0 radical (unpaired) electrons. The molecule has 0 amide bonds. The third kappa shape index (κ3) is 5.93. The van der Waals surface area contributed by atoms with Crippen molar-refractivity contribution in [1.29, 1.82) is 0 Å². The van der Waals surface area contributed by atoms with Crippen LogP contribution in [0.25, 0.3) is 0 Å². The molecule has 9 heteroatoms. The van der Waals surface area contributed by atoms with Crippen LogP contribution in [0.5, 0.6) is 0 Å². The summed E-state index contributed by atoms with van der Waals surface area (Å²) in [5.74, 6) is -0.427. The van der Waals surface area contributed by atoms with Gasteiger partial charge in [0, 0.05) is 6.20 Å². The maximum absolute atomic E-state index is 13.4. The van der Waals surface area contributed by atoms with Crippen LogP contribution in [0.2, 0.25) is 0 Å². The zero-order valence-corrected chi connectivity index (χ0v) is 14.8. The number of halogens is 3. The summed E-state index contributed by atoms with van der Waals surface area (Å²) in [6, 6.07) is 6.34. The summed E-state index contributed by atoms with van der Waals surface area (Å²) in [5.41, 5.74) is 9.15. The number of nitrogens with two attached hydrogens (primary N) is 1. The zero-order chi connectivity index (χ0) is 19.2. The highest BCUT2D eigenvalue weighted by Crippen LogP contribution is 2.31. The standard InChI is InChI=1S/C17H22F3N3O2S/c18-17(19,20)15(8-11-26-10-7-13(21)16(24)25)23-9-6-14(22-23)12-4-2-1-3-5-12/h1-6,9,13-15,22H,7-8,10-11,21H2,(H,24,25). The number of hydrogen-bond donors (Lipinski definition) is 3. The summed E-state index contributed by atoms with van der Waals surface area (Å²) in [6.07, 6.45) is -1.11. The third-order valence-electron chi connectivity index (χ3n) is 4.03. The first-order chi connectivity index (χ1) is 12.3. The Balaban J connectivity index is 1.85. The molecule has 0 aromatic heterocycles. The summed E-state index contributed by atoms with van der Waals surface area (Å²) in [7, 11) is 0. The van der Waals surface area contributed by atoms with Gasteiger partial charge in [-0.05, 0) is 36.0 Å². The van der Waals surface area contributed by atoms with E-state index >= 15 is 0 Å². The van der Waals surface area contributed by atoms with Crippen LogP contribution < -0.4 is 11.2 Å². The van der Waals surface area contributed by atoms with Crippen LogP contribution >= 0.6 is 11.8 Å². The summed E-state index contributed by atoms with van der Waals surface area (Å²) in [5, 5.41) is 9.80.